The number of nitrogens with zero attached hydrogens (tertiary/aromatic N) is 2. The van der Waals surface area contributed by atoms with Crippen LogP contribution in [0, 0.1) is 5.92 Å². The molecule has 0 aromatic carbocycles. The van der Waals surface area contributed by atoms with Crippen molar-refractivity contribution < 1.29 is 4.79 Å². The predicted octanol–water partition coefficient (Wildman–Crippen LogP) is 4.20. The van der Waals surface area contributed by atoms with Gasteiger partial charge in [-0.25, -0.2) is 9.78 Å². The fourth-order valence-electron chi connectivity index (χ4n) is 2.78. The Bertz CT molecular complexity index is 582. The van der Waals surface area contributed by atoms with Crippen LogP contribution in [0.2, 0.25) is 0 Å². The Morgan fingerprint density at radius 3 is 2.67 bits per heavy atom. The summed E-state index contributed by atoms with van der Waals surface area (Å²) in [4.78, 5) is 16.6. The minimum Gasteiger partial charge on any atom is -0.335 e. The number of pyridine rings is 1. The summed E-state index contributed by atoms with van der Waals surface area (Å²) in [6.07, 6.45) is 8.08. The smallest absolute Gasteiger partial charge is 0.327 e. The van der Waals surface area contributed by atoms with E-state index in [2.05, 4.69) is 17.2 Å². The minimum atomic E-state index is -0.0618. The molecular weight excluding hydrogens is 262 g/mol. The maximum Gasteiger partial charge on any atom is 0.327 e. The Balaban J connectivity index is 0.000000774. The molecule has 4 nitrogen and oxygen atoms in total. The first-order chi connectivity index (χ1) is 10.2. The zero-order chi connectivity index (χ0) is 15.2. The van der Waals surface area contributed by atoms with Crippen LogP contribution in [0.15, 0.2) is 30.6 Å². The van der Waals surface area contributed by atoms with Crippen molar-refractivity contribution in [2.24, 2.45) is 5.92 Å². The number of aromatic nitrogens is 2. The lowest BCUT2D eigenvalue weighted by Gasteiger charge is -2.26. The molecule has 2 heterocycles. The van der Waals surface area contributed by atoms with E-state index in [0.717, 1.165) is 29.8 Å². The number of rotatable bonds is 1. The normalized spacial score (nSPS) is 21.5. The molecule has 1 amide bonds. The van der Waals surface area contributed by atoms with Crippen LogP contribution >= 0.6 is 0 Å². The first-order valence-corrected chi connectivity index (χ1v) is 7.97. The summed E-state index contributed by atoms with van der Waals surface area (Å²) in [6.45, 7) is 6.28. The summed E-state index contributed by atoms with van der Waals surface area (Å²) in [7, 11) is 0. The van der Waals surface area contributed by atoms with Gasteiger partial charge in [-0.2, -0.15) is 0 Å². The summed E-state index contributed by atoms with van der Waals surface area (Å²) in [5, 5.41) is 4.11. The van der Waals surface area contributed by atoms with E-state index in [-0.39, 0.29) is 6.03 Å². The average molecular weight is 287 g/mol. The second kappa shape index (κ2) is 7.25. The molecule has 3 rings (SSSR count). The van der Waals surface area contributed by atoms with Gasteiger partial charge in [0.15, 0.2) is 0 Å². The Morgan fingerprint density at radius 1 is 1.24 bits per heavy atom. The van der Waals surface area contributed by atoms with Gasteiger partial charge in [-0.3, -0.25) is 4.57 Å². The summed E-state index contributed by atoms with van der Waals surface area (Å²) >= 11 is 0. The van der Waals surface area contributed by atoms with Gasteiger partial charge in [0.2, 0.25) is 0 Å². The van der Waals surface area contributed by atoms with E-state index in [4.69, 9.17) is 0 Å². The molecule has 0 atom stereocenters. The molecule has 1 fully saturated rings. The van der Waals surface area contributed by atoms with E-state index >= 15 is 0 Å². The molecule has 1 aliphatic rings. The number of hydrogen-bond acceptors (Lipinski definition) is 2. The van der Waals surface area contributed by atoms with Crippen LogP contribution in [0.1, 0.15) is 46.5 Å². The van der Waals surface area contributed by atoms with Gasteiger partial charge < -0.3 is 5.32 Å². The lowest BCUT2D eigenvalue weighted by atomic mass is 9.87. The Hall–Kier alpha value is -1.84. The first kappa shape index (κ1) is 15.5. The van der Waals surface area contributed by atoms with E-state index < -0.39 is 0 Å². The van der Waals surface area contributed by atoms with Crippen molar-refractivity contribution in [3.63, 3.8) is 0 Å². The van der Waals surface area contributed by atoms with Gasteiger partial charge in [-0.1, -0.05) is 20.8 Å². The van der Waals surface area contributed by atoms with Gasteiger partial charge >= 0.3 is 6.03 Å². The van der Waals surface area contributed by atoms with Crippen LogP contribution in [0.3, 0.4) is 0 Å². The maximum atomic E-state index is 12.3. The zero-order valence-corrected chi connectivity index (χ0v) is 13.2. The molecule has 4 heteroatoms. The minimum absolute atomic E-state index is 0.0618. The number of nitrogens with one attached hydrogen (secondary N) is 1. The molecule has 21 heavy (non-hydrogen) atoms. The molecule has 1 N–H and O–H groups in total. The predicted molar refractivity (Wildman–Crippen MR) is 86.4 cm³/mol. The second-order valence-corrected chi connectivity index (χ2v) is 5.51. The van der Waals surface area contributed by atoms with Crippen LogP contribution in [0.25, 0.3) is 11.0 Å². The van der Waals surface area contributed by atoms with Gasteiger partial charge in [-0.15, -0.1) is 0 Å². The van der Waals surface area contributed by atoms with E-state index in [1.807, 2.05) is 32.0 Å². The van der Waals surface area contributed by atoms with E-state index in [9.17, 15) is 4.79 Å². The second-order valence-electron chi connectivity index (χ2n) is 5.51. The SMILES string of the molecule is CC.CC1CCC(NC(=O)n2ccc3cccnc32)CC1. The Kier molecular flexibility index (Phi) is 5.37. The molecule has 1 saturated carbocycles. The van der Waals surface area contributed by atoms with Crippen LogP contribution in [-0.2, 0) is 0 Å². The van der Waals surface area contributed by atoms with Crippen molar-refractivity contribution in [3.8, 4) is 0 Å². The third-order valence-electron chi connectivity index (χ3n) is 4.01. The van der Waals surface area contributed by atoms with Gasteiger partial charge in [0.1, 0.15) is 5.65 Å². The number of fused-ring (bicyclic) bond motifs is 1. The topological polar surface area (TPSA) is 46.9 Å². The monoisotopic (exact) mass is 287 g/mol. The largest absolute Gasteiger partial charge is 0.335 e. The lowest BCUT2D eigenvalue weighted by Crippen LogP contribution is -2.39. The molecule has 1 aliphatic carbocycles. The molecule has 0 radical (unpaired) electrons. The van der Waals surface area contributed by atoms with Crippen molar-refractivity contribution in [3.05, 3.63) is 30.6 Å². The van der Waals surface area contributed by atoms with Crippen molar-refractivity contribution >= 4 is 17.1 Å². The molecule has 114 valence electrons. The fraction of sp³-hybridized carbons (Fsp3) is 0.529. The highest BCUT2D eigenvalue weighted by molar-refractivity contribution is 5.89. The molecule has 2 aromatic rings. The van der Waals surface area contributed by atoms with Crippen LogP contribution in [0.5, 0.6) is 0 Å². The highest BCUT2D eigenvalue weighted by Crippen LogP contribution is 2.23. The van der Waals surface area contributed by atoms with Crippen LogP contribution < -0.4 is 5.32 Å². The van der Waals surface area contributed by atoms with Crippen LogP contribution in [0.4, 0.5) is 4.79 Å². The third-order valence-corrected chi connectivity index (χ3v) is 4.01. The van der Waals surface area contributed by atoms with Crippen molar-refractivity contribution in [1.82, 2.24) is 14.9 Å². The van der Waals surface area contributed by atoms with E-state index in [0.29, 0.717) is 6.04 Å². The highest BCUT2D eigenvalue weighted by atomic mass is 16.2. The molecule has 0 aliphatic heterocycles. The standard InChI is InChI=1S/C15H19N3O.C2H6/c1-11-4-6-13(7-5-11)17-15(19)18-10-8-12-3-2-9-16-14(12)18;1-2/h2-3,8-11,13H,4-7H2,1H3,(H,17,19);1-2H3. The number of carbonyl (C=O) groups excluding carboxylic acids is 1. The quantitative estimate of drug-likeness (QED) is 0.854. The van der Waals surface area contributed by atoms with Crippen molar-refractivity contribution in [2.45, 2.75) is 52.5 Å². The molecular formula is C17H25N3O. The van der Waals surface area contributed by atoms with Crippen LogP contribution in [-0.4, -0.2) is 21.6 Å². The summed E-state index contributed by atoms with van der Waals surface area (Å²) in [6, 6.07) is 6.02. The van der Waals surface area contributed by atoms with Crippen molar-refractivity contribution in [2.75, 3.05) is 0 Å². The van der Waals surface area contributed by atoms with E-state index in [1.54, 1.807) is 17.0 Å². The first-order valence-electron chi connectivity index (χ1n) is 7.97. The van der Waals surface area contributed by atoms with Gasteiger partial charge in [0, 0.05) is 23.8 Å². The molecule has 2 aromatic heterocycles. The number of amides is 1. The van der Waals surface area contributed by atoms with Crippen molar-refractivity contribution in [1.29, 1.82) is 0 Å². The highest BCUT2D eigenvalue weighted by Gasteiger charge is 2.20. The zero-order valence-electron chi connectivity index (χ0n) is 13.2. The molecule has 0 unspecified atom stereocenters. The maximum absolute atomic E-state index is 12.3. The number of hydrogen-bond donors (Lipinski definition) is 1. The third kappa shape index (κ3) is 3.63. The summed E-state index contributed by atoms with van der Waals surface area (Å²) < 4.78 is 1.60. The molecule has 0 bridgehead atoms. The summed E-state index contributed by atoms with van der Waals surface area (Å²) in [5.41, 5.74) is 0.726. The lowest BCUT2D eigenvalue weighted by molar-refractivity contribution is 0.230. The fourth-order valence-corrected chi connectivity index (χ4v) is 2.78. The Labute approximate surface area is 126 Å². The molecule has 0 spiro atoms. The average Bonchev–Trinajstić information content (AvgIpc) is 2.96. The van der Waals surface area contributed by atoms with Gasteiger partial charge in [0.05, 0.1) is 0 Å². The summed E-state index contributed by atoms with van der Waals surface area (Å²) in [5.74, 6) is 0.794. The number of carbonyl (C=O) groups is 1. The molecule has 0 saturated heterocycles. The van der Waals surface area contributed by atoms with Gasteiger partial charge in [-0.05, 0) is 49.8 Å². The Morgan fingerprint density at radius 2 is 1.95 bits per heavy atom. The van der Waals surface area contributed by atoms with E-state index in [1.165, 1.54) is 12.8 Å². The van der Waals surface area contributed by atoms with Gasteiger partial charge in [0.25, 0.3) is 0 Å².